The molecule has 4 heterocycles. The number of likely N-dealkylation sites (tertiary alicyclic amines) is 1. The molecule has 1 N–H and O–H groups in total. The average molecular weight is 499 g/mol. The van der Waals surface area contributed by atoms with E-state index in [0.29, 0.717) is 24.1 Å². The highest BCUT2D eigenvalue weighted by Gasteiger charge is 2.37. The van der Waals surface area contributed by atoms with E-state index in [1.807, 2.05) is 50.5 Å². The van der Waals surface area contributed by atoms with Crippen molar-refractivity contribution >= 4 is 22.8 Å². The Morgan fingerprint density at radius 1 is 1.05 bits per heavy atom. The molecule has 1 saturated heterocycles. The Labute approximate surface area is 214 Å². The number of hydrogen-bond acceptors (Lipinski definition) is 5. The van der Waals surface area contributed by atoms with Gasteiger partial charge in [-0.05, 0) is 30.0 Å². The number of hydrogen-bond donors (Lipinski definition) is 1. The van der Waals surface area contributed by atoms with Gasteiger partial charge < -0.3 is 10.2 Å². The Morgan fingerprint density at radius 2 is 1.78 bits per heavy atom. The number of pyridine rings is 2. The van der Waals surface area contributed by atoms with Gasteiger partial charge >= 0.3 is 0 Å². The summed E-state index contributed by atoms with van der Waals surface area (Å²) in [5.74, 6) is -0.663. The molecule has 190 valence electrons. The fourth-order valence-corrected chi connectivity index (χ4v) is 4.68. The lowest BCUT2D eigenvalue weighted by atomic mass is 9.84. The summed E-state index contributed by atoms with van der Waals surface area (Å²) < 4.78 is 3.01. The zero-order valence-electron chi connectivity index (χ0n) is 21.5. The van der Waals surface area contributed by atoms with Crippen molar-refractivity contribution in [3.05, 3.63) is 82.0 Å². The van der Waals surface area contributed by atoms with E-state index in [1.165, 1.54) is 4.57 Å². The van der Waals surface area contributed by atoms with Crippen LogP contribution in [0.3, 0.4) is 0 Å². The molecular weight excluding hydrogens is 468 g/mol. The zero-order valence-corrected chi connectivity index (χ0v) is 21.5. The van der Waals surface area contributed by atoms with Crippen LogP contribution in [0.4, 0.5) is 0 Å². The van der Waals surface area contributed by atoms with Gasteiger partial charge in [-0.1, -0.05) is 43.7 Å². The van der Waals surface area contributed by atoms with Crippen LogP contribution in [0.15, 0.2) is 59.8 Å². The first-order valence-corrected chi connectivity index (χ1v) is 12.2. The van der Waals surface area contributed by atoms with Gasteiger partial charge in [0.25, 0.3) is 11.5 Å². The molecule has 0 radical (unpaired) electrons. The SMILES string of the molecule is Cc1ccc(CNC(=O)c2cc3cc(-c4cnn(C)c4)cnc3n(CC(=O)N3CC(C)(C)C3)c2=O)cc1. The van der Waals surface area contributed by atoms with Gasteiger partial charge in [-0.3, -0.25) is 23.6 Å². The van der Waals surface area contributed by atoms with E-state index in [0.717, 1.165) is 22.3 Å². The van der Waals surface area contributed by atoms with E-state index >= 15 is 0 Å². The molecule has 9 nitrogen and oxygen atoms in total. The van der Waals surface area contributed by atoms with Crippen molar-refractivity contribution in [2.75, 3.05) is 13.1 Å². The smallest absolute Gasteiger partial charge is 0.265 e. The standard InChI is InChI=1S/C28H30N6O3/c1-18-5-7-19(8-6-18)11-30-26(36)23-10-20-9-21(22-13-31-32(4)14-22)12-29-25(20)34(27(23)37)15-24(35)33-16-28(2,3)17-33/h5-10,12-14H,11,15-17H2,1-4H3,(H,30,36). The molecule has 2 amide bonds. The van der Waals surface area contributed by atoms with Gasteiger partial charge in [-0.2, -0.15) is 5.10 Å². The monoisotopic (exact) mass is 498 g/mol. The quantitative estimate of drug-likeness (QED) is 0.440. The second-order valence-corrected chi connectivity index (χ2v) is 10.6. The lowest BCUT2D eigenvalue weighted by Gasteiger charge is -2.45. The summed E-state index contributed by atoms with van der Waals surface area (Å²) in [4.78, 5) is 46.0. The van der Waals surface area contributed by atoms with E-state index in [1.54, 1.807) is 28.0 Å². The van der Waals surface area contributed by atoms with Crippen molar-refractivity contribution in [2.24, 2.45) is 12.5 Å². The van der Waals surface area contributed by atoms with Gasteiger partial charge in [0.05, 0.1) is 6.20 Å². The van der Waals surface area contributed by atoms with E-state index in [9.17, 15) is 14.4 Å². The van der Waals surface area contributed by atoms with Gasteiger partial charge in [-0.15, -0.1) is 0 Å². The Balaban J connectivity index is 1.51. The second-order valence-electron chi connectivity index (χ2n) is 10.6. The number of aryl methyl sites for hydroxylation is 2. The van der Waals surface area contributed by atoms with Crippen LogP contribution in [-0.4, -0.2) is 49.1 Å². The van der Waals surface area contributed by atoms with Gasteiger partial charge in [0.15, 0.2) is 0 Å². The van der Waals surface area contributed by atoms with Gasteiger partial charge in [0, 0.05) is 55.6 Å². The van der Waals surface area contributed by atoms with Gasteiger partial charge in [-0.25, -0.2) is 4.98 Å². The minimum absolute atomic E-state index is 0.0264. The number of carbonyl (C=O) groups excluding carboxylic acids is 2. The summed E-state index contributed by atoms with van der Waals surface area (Å²) in [6.07, 6.45) is 5.25. The van der Waals surface area contributed by atoms with Gasteiger partial charge in [0.1, 0.15) is 17.8 Å². The maximum atomic E-state index is 13.5. The maximum absolute atomic E-state index is 13.5. The Kier molecular flexibility index (Phi) is 6.15. The Bertz CT molecular complexity index is 1560. The molecule has 9 heteroatoms. The van der Waals surface area contributed by atoms with E-state index < -0.39 is 11.5 Å². The molecule has 1 fully saturated rings. The summed E-state index contributed by atoms with van der Waals surface area (Å²) in [5, 5.41) is 7.66. The van der Waals surface area contributed by atoms with Crippen molar-refractivity contribution in [1.29, 1.82) is 0 Å². The number of benzene rings is 1. The van der Waals surface area contributed by atoms with Crippen molar-refractivity contribution in [3.8, 4) is 11.1 Å². The van der Waals surface area contributed by atoms with Crippen LogP contribution >= 0.6 is 0 Å². The summed E-state index contributed by atoms with van der Waals surface area (Å²) in [7, 11) is 1.83. The molecule has 4 aromatic rings. The Morgan fingerprint density at radius 3 is 2.43 bits per heavy atom. The van der Waals surface area contributed by atoms with Crippen molar-refractivity contribution in [2.45, 2.75) is 33.9 Å². The predicted octanol–water partition coefficient (Wildman–Crippen LogP) is 2.90. The second kappa shape index (κ2) is 9.31. The van der Waals surface area contributed by atoms with Crippen molar-refractivity contribution in [3.63, 3.8) is 0 Å². The summed E-state index contributed by atoms with van der Waals surface area (Å²) >= 11 is 0. The van der Waals surface area contributed by atoms with Crippen molar-refractivity contribution < 1.29 is 9.59 Å². The Hall–Kier alpha value is -4.27. The number of amides is 2. The largest absolute Gasteiger partial charge is 0.348 e. The maximum Gasteiger partial charge on any atom is 0.265 e. The summed E-state index contributed by atoms with van der Waals surface area (Å²) in [6.45, 7) is 7.56. The molecule has 0 spiro atoms. The molecule has 3 aromatic heterocycles. The van der Waals surface area contributed by atoms with Crippen LogP contribution in [0.25, 0.3) is 22.2 Å². The predicted molar refractivity (Wildman–Crippen MR) is 141 cm³/mol. The molecule has 1 aromatic carbocycles. The summed E-state index contributed by atoms with van der Waals surface area (Å²) in [5.41, 5.74) is 3.57. The first-order chi connectivity index (χ1) is 17.6. The fraction of sp³-hybridized carbons (Fsp3) is 0.321. The number of fused-ring (bicyclic) bond motifs is 1. The molecule has 5 rings (SSSR count). The van der Waals surface area contributed by atoms with E-state index in [2.05, 4.69) is 29.2 Å². The fourth-order valence-electron chi connectivity index (χ4n) is 4.68. The molecule has 1 aliphatic heterocycles. The minimum Gasteiger partial charge on any atom is -0.348 e. The highest BCUT2D eigenvalue weighted by molar-refractivity contribution is 5.97. The highest BCUT2D eigenvalue weighted by Crippen LogP contribution is 2.29. The number of nitrogens with zero attached hydrogens (tertiary/aromatic N) is 5. The third-order valence-electron chi connectivity index (χ3n) is 6.67. The van der Waals surface area contributed by atoms with Crippen LogP contribution in [0.1, 0.15) is 35.3 Å². The van der Waals surface area contributed by atoms with Crippen LogP contribution in [0.2, 0.25) is 0 Å². The highest BCUT2D eigenvalue weighted by atomic mass is 16.2. The molecular formula is C28H30N6O3. The zero-order chi connectivity index (χ0) is 26.3. The molecule has 37 heavy (non-hydrogen) atoms. The topological polar surface area (TPSA) is 102 Å². The van der Waals surface area contributed by atoms with E-state index in [4.69, 9.17) is 0 Å². The lowest BCUT2D eigenvalue weighted by molar-refractivity contribution is -0.142. The molecule has 0 bridgehead atoms. The van der Waals surface area contributed by atoms with Crippen LogP contribution in [-0.2, 0) is 24.9 Å². The molecule has 0 atom stereocenters. The van der Waals surface area contributed by atoms with Crippen LogP contribution in [0.5, 0.6) is 0 Å². The molecule has 0 aliphatic carbocycles. The third-order valence-corrected chi connectivity index (χ3v) is 6.67. The molecule has 0 unspecified atom stereocenters. The van der Waals surface area contributed by atoms with E-state index in [-0.39, 0.29) is 30.0 Å². The normalized spacial score (nSPS) is 14.4. The lowest BCUT2D eigenvalue weighted by Crippen LogP contribution is -2.56. The average Bonchev–Trinajstić information content (AvgIpc) is 3.29. The number of aromatic nitrogens is 4. The number of carbonyl (C=O) groups is 2. The summed E-state index contributed by atoms with van der Waals surface area (Å²) in [6, 6.07) is 11.2. The molecule has 0 saturated carbocycles. The first kappa shape index (κ1) is 24.4. The number of nitrogens with one attached hydrogen (secondary N) is 1. The van der Waals surface area contributed by atoms with Crippen LogP contribution in [0, 0.1) is 12.3 Å². The minimum atomic E-state index is -0.538. The van der Waals surface area contributed by atoms with Crippen molar-refractivity contribution in [1.82, 2.24) is 29.5 Å². The first-order valence-electron chi connectivity index (χ1n) is 12.2. The third kappa shape index (κ3) is 5.02. The van der Waals surface area contributed by atoms with Crippen LogP contribution < -0.4 is 10.9 Å². The number of rotatable bonds is 6. The molecule has 1 aliphatic rings. The van der Waals surface area contributed by atoms with Gasteiger partial charge in [0.2, 0.25) is 5.91 Å².